The Hall–Kier alpha value is -4.65. The number of hydrogen-bond acceptors (Lipinski definition) is 7. The Morgan fingerprint density at radius 1 is 0.804 bits per heavy atom. The van der Waals surface area contributed by atoms with Gasteiger partial charge in [0.25, 0.3) is 0 Å². The van der Waals surface area contributed by atoms with Crippen LogP contribution in [-0.4, -0.2) is 23.6 Å². The van der Waals surface area contributed by atoms with Crippen molar-refractivity contribution in [3.05, 3.63) is 122 Å². The van der Waals surface area contributed by atoms with Crippen molar-refractivity contribution in [3.8, 4) is 5.75 Å². The molecule has 1 aliphatic carbocycles. The Labute approximate surface area is 300 Å². The van der Waals surface area contributed by atoms with Crippen molar-refractivity contribution in [2.75, 3.05) is 0 Å². The molecule has 0 radical (unpaired) electrons. The normalized spacial score (nSPS) is 22.7. The van der Waals surface area contributed by atoms with Gasteiger partial charge in [-0.15, -0.1) is 0 Å². The second kappa shape index (κ2) is 13.5. The average molecular weight is 689 g/mol. The SMILES string of the molecule is CC(C)=C1CCc2ccc(cc2)C[C@@H](CCc2ccccc2)CC(=O)O[C@H]2c3c(ccc4c5c(c(=O)oc34)C(C)(C)CC5)OC(C)(C)[C@H]2OC1=O. The third-order valence-electron chi connectivity index (χ3n) is 11.2. The highest BCUT2D eigenvalue weighted by Gasteiger charge is 2.51. The van der Waals surface area contributed by atoms with Gasteiger partial charge in [0.15, 0.2) is 12.2 Å². The van der Waals surface area contributed by atoms with Crippen molar-refractivity contribution in [1.82, 2.24) is 0 Å². The van der Waals surface area contributed by atoms with Crippen molar-refractivity contribution in [3.63, 3.8) is 0 Å². The summed E-state index contributed by atoms with van der Waals surface area (Å²) in [6, 6.07) is 22.6. The van der Waals surface area contributed by atoms with Gasteiger partial charge in [0.1, 0.15) is 16.9 Å². The van der Waals surface area contributed by atoms with E-state index in [2.05, 4.69) is 50.2 Å². The summed E-state index contributed by atoms with van der Waals surface area (Å²) in [6.07, 6.45) is 3.13. The van der Waals surface area contributed by atoms with Crippen molar-refractivity contribution < 1.29 is 28.2 Å². The van der Waals surface area contributed by atoms with E-state index in [-0.39, 0.29) is 17.8 Å². The van der Waals surface area contributed by atoms with E-state index in [0.29, 0.717) is 40.9 Å². The predicted molar refractivity (Wildman–Crippen MR) is 197 cm³/mol. The van der Waals surface area contributed by atoms with Crippen molar-refractivity contribution in [2.24, 2.45) is 5.92 Å². The molecule has 4 aliphatic rings. The number of benzene rings is 3. The molecule has 266 valence electrons. The highest BCUT2D eigenvalue weighted by atomic mass is 16.6. The van der Waals surface area contributed by atoms with E-state index in [1.165, 1.54) is 5.56 Å². The molecule has 0 saturated carbocycles. The molecule has 4 heterocycles. The molecule has 3 aliphatic heterocycles. The molecule has 3 aromatic carbocycles. The fourth-order valence-electron chi connectivity index (χ4n) is 8.28. The molecule has 3 atom stereocenters. The van der Waals surface area contributed by atoms with Crippen molar-refractivity contribution in [1.29, 1.82) is 0 Å². The molecule has 4 aromatic rings. The number of aryl methyl sites for hydroxylation is 3. The van der Waals surface area contributed by atoms with Gasteiger partial charge < -0.3 is 18.6 Å². The number of esters is 2. The number of hydrogen-bond donors (Lipinski definition) is 0. The van der Waals surface area contributed by atoms with Crippen LogP contribution in [0.1, 0.15) is 107 Å². The topological polar surface area (TPSA) is 92.0 Å². The first-order valence-electron chi connectivity index (χ1n) is 18.3. The Morgan fingerprint density at radius 2 is 1.53 bits per heavy atom. The lowest BCUT2D eigenvalue weighted by Crippen LogP contribution is -2.52. The standard InChI is InChI=1S/C44H48O7/c1-26(2)31-19-18-28-12-15-29(16-13-28)24-30(17-14-27-10-8-7-9-11-27)25-35(45)48-39-36-34(51-44(5,6)40(39)50-41(31)46)21-20-33-32-22-23-43(3,4)37(32)42(47)49-38(33)36/h7-13,15-16,20-21,30,39-40H,14,17-19,22-25H2,1-6H3/t30-,39+,40+/m1/s1. The maximum Gasteiger partial charge on any atom is 0.340 e. The van der Waals surface area contributed by atoms with Crippen LogP contribution in [0.15, 0.2) is 87.1 Å². The van der Waals surface area contributed by atoms with Crippen molar-refractivity contribution >= 4 is 22.9 Å². The van der Waals surface area contributed by atoms with Crippen LogP contribution in [0.5, 0.6) is 5.75 Å². The summed E-state index contributed by atoms with van der Waals surface area (Å²) < 4.78 is 25.6. The fourth-order valence-corrected chi connectivity index (χ4v) is 8.28. The largest absolute Gasteiger partial charge is 0.483 e. The first-order chi connectivity index (χ1) is 24.3. The molecular formula is C44H48O7. The molecule has 0 spiro atoms. The zero-order chi connectivity index (χ0) is 36.1. The number of rotatable bonds is 3. The quantitative estimate of drug-likeness (QED) is 0.121. The molecule has 1 aromatic heterocycles. The summed E-state index contributed by atoms with van der Waals surface area (Å²) in [5.74, 6) is -0.446. The van der Waals surface area contributed by atoms with Crippen LogP contribution in [0.3, 0.4) is 0 Å². The lowest BCUT2D eigenvalue weighted by atomic mass is 9.85. The molecule has 8 rings (SSSR count). The Bertz CT molecular complexity index is 2060. The van der Waals surface area contributed by atoms with E-state index >= 15 is 0 Å². The third kappa shape index (κ3) is 6.87. The molecule has 51 heavy (non-hydrogen) atoms. The summed E-state index contributed by atoms with van der Waals surface area (Å²) in [5.41, 5.74) is 5.51. The number of carbonyl (C=O) groups is 2. The summed E-state index contributed by atoms with van der Waals surface area (Å²) in [6.45, 7) is 11.6. The predicted octanol–water partition coefficient (Wildman–Crippen LogP) is 8.85. The maximum atomic E-state index is 14.3. The lowest BCUT2D eigenvalue weighted by Gasteiger charge is -2.43. The summed E-state index contributed by atoms with van der Waals surface area (Å²) in [7, 11) is 0. The van der Waals surface area contributed by atoms with E-state index < -0.39 is 35.4 Å². The molecule has 7 heteroatoms. The Balaban J connectivity index is 1.34. The monoisotopic (exact) mass is 688 g/mol. The van der Waals surface area contributed by atoms with E-state index in [0.717, 1.165) is 59.8 Å². The molecular weight excluding hydrogens is 640 g/mol. The van der Waals surface area contributed by atoms with Crippen LogP contribution in [0.25, 0.3) is 11.0 Å². The van der Waals surface area contributed by atoms with Crippen LogP contribution in [-0.2, 0) is 50.2 Å². The first kappa shape index (κ1) is 34.8. The van der Waals surface area contributed by atoms with Crippen LogP contribution in [0.4, 0.5) is 0 Å². The van der Waals surface area contributed by atoms with E-state index in [9.17, 15) is 14.4 Å². The zero-order valence-electron chi connectivity index (χ0n) is 30.6. The molecule has 2 bridgehead atoms. The Morgan fingerprint density at radius 3 is 2.25 bits per heavy atom. The maximum absolute atomic E-state index is 14.3. The second-order valence-corrected chi connectivity index (χ2v) is 16.0. The lowest BCUT2D eigenvalue weighted by molar-refractivity contribution is -0.188. The molecule has 0 unspecified atom stereocenters. The third-order valence-corrected chi connectivity index (χ3v) is 11.2. The van der Waals surface area contributed by atoms with E-state index in [1.54, 1.807) is 0 Å². The molecule has 0 amide bonds. The van der Waals surface area contributed by atoms with E-state index in [4.69, 9.17) is 18.6 Å². The van der Waals surface area contributed by atoms with Gasteiger partial charge >= 0.3 is 17.6 Å². The number of ether oxygens (including phenoxy) is 3. The minimum absolute atomic E-state index is 0.00184. The summed E-state index contributed by atoms with van der Waals surface area (Å²) in [4.78, 5) is 42.0. The first-order valence-corrected chi connectivity index (χ1v) is 18.3. The van der Waals surface area contributed by atoms with Crippen LogP contribution in [0.2, 0.25) is 0 Å². The Kier molecular flexibility index (Phi) is 9.19. The van der Waals surface area contributed by atoms with E-state index in [1.807, 2.05) is 58.0 Å². The van der Waals surface area contributed by atoms with Gasteiger partial charge in [-0.1, -0.05) is 74.0 Å². The number of fused-ring (bicyclic) bond motifs is 15. The number of allylic oxidation sites excluding steroid dienone is 1. The molecule has 7 nitrogen and oxygen atoms in total. The van der Waals surface area contributed by atoms with Gasteiger partial charge in [0.2, 0.25) is 0 Å². The minimum atomic E-state index is -1.08. The van der Waals surface area contributed by atoms with Gasteiger partial charge in [-0.2, -0.15) is 0 Å². The van der Waals surface area contributed by atoms with Gasteiger partial charge in [0, 0.05) is 22.9 Å². The van der Waals surface area contributed by atoms with Crippen LogP contribution in [0, 0.1) is 5.92 Å². The van der Waals surface area contributed by atoms with Crippen LogP contribution < -0.4 is 10.4 Å². The molecule has 0 fully saturated rings. The summed E-state index contributed by atoms with van der Waals surface area (Å²) >= 11 is 0. The van der Waals surface area contributed by atoms with Gasteiger partial charge in [-0.05, 0) is 118 Å². The second-order valence-electron chi connectivity index (χ2n) is 16.0. The smallest absolute Gasteiger partial charge is 0.340 e. The zero-order valence-corrected chi connectivity index (χ0v) is 30.6. The van der Waals surface area contributed by atoms with Gasteiger partial charge in [-0.25, -0.2) is 9.59 Å². The summed E-state index contributed by atoms with van der Waals surface area (Å²) in [5, 5.41) is 0.791. The van der Waals surface area contributed by atoms with Gasteiger partial charge in [0.05, 0.1) is 5.56 Å². The van der Waals surface area contributed by atoms with Crippen LogP contribution >= 0.6 is 0 Å². The van der Waals surface area contributed by atoms with Crippen molar-refractivity contribution in [2.45, 2.75) is 116 Å². The van der Waals surface area contributed by atoms with Gasteiger partial charge in [-0.3, -0.25) is 4.79 Å². The molecule has 0 saturated heterocycles. The molecule has 0 N–H and O–H groups in total. The average Bonchev–Trinajstić information content (AvgIpc) is 3.41. The minimum Gasteiger partial charge on any atom is -0.483 e. The number of carbonyl (C=O) groups excluding carboxylic acids is 2. The highest BCUT2D eigenvalue weighted by molar-refractivity contribution is 5.90. The fraction of sp³-hybridized carbons (Fsp3) is 0.432. The highest BCUT2D eigenvalue weighted by Crippen LogP contribution is 2.49.